The summed E-state index contributed by atoms with van der Waals surface area (Å²) in [5, 5.41) is 14.2. The predicted molar refractivity (Wildman–Crippen MR) is 75.0 cm³/mol. The summed E-state index contributed by atoms with van der Waals surface area (Å²) >= 11 is 0. The van der Waals surface area contributed by atoms with Gasteiger partial charge in [0, 0.05) is 24.2 Å². The second-order valence-corrected chi connectivity index (χ2v) is 4.94. The number of nitro groups is 1. The number of nitro benzene ring substituents is 1. The van der Waals surface area contributed by atoms with Crippen LogP contribution in [0.4, 0.5) is 5.69 Å². The second kappa shape index (κ2) is 5.53. The highest BCUT2D eigenvalue weighted by Crippen LogP contribution is 2.31. The van der Waals surface area contributed by atoms with E-state index >= 15 is 0 Å². The Kier molecular flexibility index (Phi) is 3.57. The molecule has 110 valence electrons. The van der Waals surface area contributed by atoms with Crippen LogP contribution in [0.2, 0.25) is 0 Å². The number of rotatable bonds is 6. The van der Waals surface area contributed by atoms with E-state index in [1.165, 1.54) is 26.0 Å². The van der Waals surface area contributed by atoms with Crippen LogP contribution >= 0.6 is 0 Å². The van der Waals surface area contributed by atoms with Crippen molar-refractivity contribution >= 4 is 5.69 Å². The van der Waals surface area contributed by atoms with Gasteiger partial charge in [-0.1, -0.05) is 0 Å². The number of nitrogens with zero attached hydrogens (tertiary/aromatic N) is 2. The lowest BCUT2D eigenvalue weighted by Crippen LogP contribution is -2.15. The van der Waals surface area contributed by atoms with Crippen molar-refractivity contribution in [2.75, 3.05) is 7.11 Å². The van der Waals surface area contributed by atoms with Gasteiger partial charge in [0.15, 0.2) is 5.75 Å². The van der Waals surface area contributed by atoms with Gasteiger partial charge in [0.2, 0.25) is 5.89 Å². The van der Waals surface area contributed by atoms with Gasteiger partial charge < -0.3 is 14.5 Å². The Morgan fingerprint density at radius 2 is 2.33 bits per heavy atom. The Morgan fingerprint density at radius 1 is 1.52 bits per heavy atom. The summed E-state index contributed by atoms with van der Waals surface area (Å²) in [5.41, 5.74) is 1.38. The molecule has 1 aliphatic rings. The molecule has 3 rings (SSSR count). The van der Waals surface area contributed by atoms with Crippen molar-refractivity contribution < 1.29 is 14.1 Å². The average Bonchev–Trinajstić information content (AvgIpc) is 3.20. The van der Waals surface area contributed by atoms with Crippen molar-refractivity contribution in [1.29, 1.82) is 0 Å². The van der Waals surface area contributed by atoms with Crippen LogP contribution in [-0.4, -0.2) is 23.1 Å². The fourth-order valence-electron chi connectivity index (χ4n) is 2.02. The zero-order valence-electron chi connectivity index (χ0n) is 11.5. The average molecular weight is 289 g/mol. The minimum atomic E-state index is -0.483. The molecule has 0 radical (unpaired) electrons. The van der Waals surface area contributed by atoms with Crippen molar-refractivity contribution in [3.05, 3.63) is 40.3 Å². The topological polar surface area (TPSA) is 90.4 Å². The highest BCUT2D eigenvalue weighted by molar-refractivity contribution is 5.62. The standard InChI is InChI=1S/C14H15N3O4/c1-20-13-6-9(2-5-12(13)17(18)19)14-16-11(8-21-14)7-15-10-3-4-10/h2,5-6,8,10,15H,3-4,7H2,1H3. The first kappa shape index (κ1) is 13.6. The molecule has 1 N–H and O–H groups in total. The third-order valence-electron chi connectivity index (χ3n) is 3.32. The molecule has 1 aromatic carbocycles. The summed E-state index contributed by atoms with van der Waals surface area (Å²) in [6.45, 7) is 0.665. The highest BCUT2D eigenvalue weighted by Gasteiger charge is 2.21. The van der Waals surface area contributed by atoms with Gasteiger partial charge in [-0.05, 0) is 25.0 Å². The van der Waals surface area contributed by atoms with E-state index in [4.69, 9.17) is 9.15 Å². The molecule has 1 aromatic heterocycles. The summed E-state index contributed by atoms with van der Waals surface area (Å²) in [5.74, 6) is 0.615. The van der Waals surface area contributed by atoms with Crippen LogP contribution in [-0.2, 0) is 6.54 Å². The minimum absolute atomic E-state index is 0.0802. The Labute approximate surface area is 121 Å². The van der Waals surface area contributed by atoms with Crippen LogP contribution in [0.5, 0.6) is 5.75 Å². The van der Waals surface area contributed by atoms with Gasteiger partial charge in [0.25, 0.3) is 0 Å². The normalized spacial score (nSPS) is 14.1. The summed E-state index contributed by atoms with van der Waals surface area (Å²) in [4.78, 5) is 14.8. The Morgan fingerprint density at radius 3 is 3.00 bits per heavy atom. The Hall–Kier alpha value is -2.41. The van der Waals surface area contributed by atoms with Crippen molar-refractivity contribution in [2.45, 2.75) is 25.4 Å². The zero-order valence-corrected chi connectivity index (χ0v) is 11.5. The molecule has 7 nitrogen and oxygen atoms in total. The molecule has 1 heterocycles. The molecular weight excluding hydrogens is 274 g/mol. The highest BCUT2D eigenvalue weighted by atomic mass is 16.6. The smallest absolute Gasteiger partial charge is 0.310 e. The van der Waals surface area contributed by atoms with E-state index in [2.05, 4.69) is 10.3 Å². The summed E-state index contributed by atoms with van der Waals surface area (Å²) in [7, 11) is 1.40. The largest absolute Gasteiger partial charge is 0.490 e. The van der Waals surface area contributed by atoms with Crippen LogP contribution in [0, 0.1) is 10.1 Å². The van der Waals surface area contributed by atoms with Gasteiger partial charge in [-0.25, -0.2) is 4.98 Å². The lowest BCUT2D eigenvalue weighted by atomic mass is 10.2. The van der Waals surface area contributed by atoms with Crippen LogP contribution in [0.3, 0.4) is 0 Å². The van der Waals surface area contributed by atoms with Crippen molar-refractivity contribution in [3.8, 4) is 17.2 Å². The van der Waals surface area contributed by atoms with E-state index < -0.39 is 4.92 Å². The maximum Gasteiger partial charge on any atom is 0.310 e. The fraction of sp³-hybridized carbons (Fsp3) is 0.357. The number of ether oxygens (including phenoxy) is 1. The van der Waals surface area contributed by atoms with E-state index in [1.54, 1.807) is 18.4 Å². The number of hydrogen-bond acceptors (Lipinski definition) is 6. The maximum absolute atomic E-state index is 10.9. The number of aromatic nitrogens is 1. The van der Waals surface area contributed by atoms with E-state index in [0.29, 0.717) is 24.0 Å². The summed E-state index contributed by atoms with van der Waals surface area (Å²) < 4.78 is 10.5. The van der Waals surface area contributed by atoms with Crippen LogP contribution in [0.1, 0.15) is 18.5 Å². The number of methoxy groups -OCH3 is 1. The van der Waals surface area contributed by atoms with E-state index in [9.17, 15) is 10.1 Å². The lowest BCUT2D eigenvalue weighted by molar-refractivity contribution is -0.385. The van der Waals surface area contributed by atoms with Gasteiger partial charge >= 0.3 is 5.69 Å². The van der Waals surface area contributed by atoms with Gasteiger partial charge in [0.05, 0.1) is 17.7 Å². The van der Waals surface area contributed by atoms with Crippen LogP contribution in [0.25, 0.3) is 11.5 Å². The molecule has 0 saturated heterocycles. The molecule has 0 aliphatic heterocycles. The number of benzene rings is 1. The third-order valence-corrected chi connectivity index (χ3v) is 3.32. The maximum atomic E-state index is 10.9. The van der Waals surface area contributed by atoms with Crippen molar-refractivity contribution in [1.82, 2.24) is 10.3 Å². The number of nitrogens with one attached hydrogen (secondary N) is 1. The van der Waals surface area contributed by atoms with E-state index in [-0.39, 0.29) is 11.4 Å². The third kappa shape index (κ3) is 3.03. The molecule has 0 bridgehead atoms. The van der Waals surface area contributed by atoms with Gasteiger partial charge in [0.1, 0.15) is 6.26 Å². The quantitative estimate of drug-likeness (QED) is 0.649. The lowest BCUT2D eigenvalue weighted by Gasteiger charge is -2.02. The molecule has 0 unspecified atom stereocenters. The molecule has 7 heteroatoms. The second-order valence-electron chi connectivity index (χ2n) is 4.94. The first-order chi connectivity index (χ1) is 10.2. The first-order valence-corrected chi connectivity index (χ1v) is 6.68. The summed E-state index contributed by atoms with van der Waals surface area (Å²) in [6.07, 6.45) is 4.02. The molecule has 1 fully saturated rings. The van der Waals surface area contributed by atoms with Crippen molar-refractivity contribution in [2.24, 2.45) is 0 Å². The first-order valence-electron chi connectivity index (χ1n) is 6.68. The fourth-order valence-corrected chi connectivity index (χ4v) is 2.02. The molecule has 1 aliphatic carbocycles. The van der Waals surface area contributed by atoms with Gasteiger partial charge in [-0.2, -0.15) is 0 Å². The number of oxazole rings is 1. The predicted octanol–water partition coefficient (Wildman–Crippen LogP) is 2.51. The molecule has 1 saturated carbocycles. The van der Waals surface area contributed by atoms with Crippen molar-refractivity contribution in [3.63, 3.8) is 0 Å². The minimum Gasteiger partial charge on any atom is -0.490 e. The van der Waals surface area contributed by atoms with Gasteiger partial charge in [-0.3, -0.25) is 10.1 Å². The summed E-state index contributed by atoms with van der Waals surface area (Å²) in [6, 6.07) is 5.15. The molecule has 2 aromatic rings. The SMILES string of the molecule is COc1cc(-c2nc(CNC3CC3)co2)ccc1[N+](=O)[O-]. The Bertz CT molecular complexity index is 664. The molecular formula is C14H15N3O4. The molecule has 0 atom stereocenters. The monoisotopic (exact) mass is 289 g/mol. The molecule has 0 spiro atoms. The van der Waals surface area contributed by atoms with E-state index in [1.807, 2.05) is 0 Å². The molecule has 0 amide bonds. The van der Waals surface area contributed by atoms with Gasteiger partial charge in [-0.15, -0.1) is 0 Å². The zero-order chi connectivity index (χ0) is 14.8. The Balaban J connectivity index is 1.80. The van der Waals surface area contributed by atoms with Crippen LogP contribution in [0.15, 0.2) is 28.9 Å². The van der Waals surface area contributed by atoms with Crippen LogP contribution < -0.4 is 10.1 Å². The van der Waals surface area contributed by atoms with E-state index in [0.717, 1.165) is 5.69 Å². The molecule has 21 heavy (non-hydrogen) atoms. The number of hydrogen-bond donors (Lipinski definition) is 1.